The molecule has 1 aromatic heterocycles. The van der Waals surface area contributed by atoms with Crippen LogP contribution in [0.1, 0.15) is 38.5 Å². The molecule has 1 aliphatic heterocycles. The van der Waals surface area contributed by atoms with E-state index in [1.54, 1.807) is 0 Å². The molecule has 1 spiro atoms. The predicted molar refractivity (Wildman–Crippen MR) is 78.7 cm³/mol. The van der Waals surface area contributed by atoms with E-state index in [2.05, 4.69) is 9.82 Å². The summed E-state index contributed by atoms with van der Waals surface area (Å²) >= 11 is 0. The van der Waals surface area contributed by atoms with Crippen molar-refractivity contribution in [2.24, 2.45) is 0 Å². The van der Waals surface area contributed by atoms with Crippen molar-refractivity contribution in [1.29, 1.82) is 0 Å². The van der Waals surface area contributed by atoms with Crippen molar-refractivity contribution in [3.8, 4) is 0 Å². The fourth-order valence-electron chi connectivity index (χ4n) is 3.51. The van der Waals surface area contributed by atoms with E-state index in [4.69, 9.17) is 4.74 Å². The minimum absolute atomic E-state index is 0.0786. The maximum Gasteiger partial charge on any atom is 0.257 e. The van der Waals surface area contributed by atoms with Gasteiger partial charge in [-0.2, -0.15) is 5.10 Å². The predicted octanol–water partition coefficient (Wildman–Crippen LogP) is 1.92. The molecule has 2 heterocycles. The van der Waals surface area contributed by atoms with E-state index in [1.807, 2.05) is 0 Å². The third-order valence-corrected chi connectivity index (χ3v) is 6.05. The first-order chi connectivity index (χ1) is 10.9. The summed E-state index contributed by atoms with van der Waals surface area (Å²) in [7, 11) is -3.75. The second kappa shape index (κ2) is 6.45. The quantitative estimate of drug-likeness (QED) is 0.881. The van der Waals surface area contributed by atoms with E-state index >= 15 is 0 Å². The maximum atomic E-state index is 12.4. The lowest BCUT2D eigenvalue weighted by molar-refractivity contribution is -0.0809. The van der Waals surface area contributed by atoms with Crippen LogP contribution in [0.4, 0.5) is 8.78 Å². The number of ether oxygens (including phenoxy) is 1. The zero-order valence-corrected chi connectivity index (χ0v) is 13.6. The molecule has 3 rings (SSSR count). The molecule has 1 saturated carbocycles. The molecule has 0 aromatic carbocycles. The molecule has 1 saturated heterocycles. The monoisotopic (exact) mass is 349 g/mol. The highest BCUT2D eigenvalue weighted by Crippen LogP contribution is 2.40. The van der Waals surface area contributed by atoms with Gasteiger partial charge in [-0.1, -0.05) is 12.8 Å². The van der Waals surface area contributed by atoms with Crippen LogP contribution in [0.15, 0.2) is 17.3 Å². The smallest absolute Gasteiger partial charge is 0.257 e. The SMILES string of the molecule is O=S(=O)(N[C@H]1CCOC2(CCCC2)C1)c1cnn(CC(F)F)c1. The van der Waals surface area contributed by atoms with Crippen LogP contribution < -0.4 is 4.72 Å². The summed E-state index contributed by atoms with van der Waals surface area (Å²) in [6.07, 6.45) is 5.11. The van der Waals surface area contributed by atoms with Gasteiger partial charge in [0.15, 0.2) is 0 Å². The molecule has 2 aliphatic rings. The van der Waals surface area contributed by atoms with Gasteiger partial charge in [0.25, 0.3) is 6.43 Å². The second-order valence-corrected chi connectivity index (χ2v) is 8.05. The largest absolute Gasteiger partial charge is 0.375 e. The highest BCUT2D eigenvalue weighted by molar-refractivity contribution is 7.89. The lowest BCUT2D eigenvalue weighted by Crippen LogP contribution is -2.47. The molecule has 1 atom stereocenters. The third-order valence-electron chi connectivity index (χ3n) is 4.57. The highest BCUT2D eigenvalue weighted by Gasteiger charge is 2.41. The molecule has 1 N–H and O–H groups in total. The molecule has 1 aliphatic carbocycles. The number of hydrogen-bond donors (Lipinski definition) is 1. The molecule has 6 nitrogen and oxygen atoms in total. The van der Waals surface area contributed by atoms with Crippen LogP contribution >= 0.6 is 0 Å². The molecular weight excluding hydrogens is 328 g/mol. The number of halogens is 2. The van der Waals surface area contributed by atoms with Crippen LogP contribution in [-0.4, -0.2) is 42.9 Å². The van der Waals surface area contributed by atoms with Gasteiger partial charge in [-0.25, -0.2) is 21.9 Å². The Kier molecular flexibility index (Phi) is 4.70. The molecule has 1 aromatic rings. The average molecular weight is 349 g/mol. The first-order valence-electron chi connectivity index (χ1n) is 7.85. The van der Waals surface area contributed by atoms with E-state index in [-0.39, 0.29) is 16.5 Å². The van der Waals surface area contributed by atoms with Crippen LogP contribution in [0.25, 0.3) is 0 Å². The Morgan fingerprint density at radius 3 is 2.87 bits per heavy atom. The number of aromatic nitrogens is 2. The van der Waals surface area contributed by atoms with Gasteiger partial charge in [0.2, 0.25) is 10.0 Å². The summed E-state index contributed by atoms with van der Waals surface area (Å²) in [5.74, 6) is 0. The van der Waals surface area contributed by atoms with Gasteiger partial charge >= 0.3 is 0 Å². The van der Waals surface area contributed by atoms with E-state index in [9.17, 15) is 17.2 Å². The van der Waals surface area contributed by atoms with Crippen LogP contribution in [0.5, 0.6) is 0 Å². The Labute approximate surface area is 134 Å². The van der Waals surface area contributed by atoms with E-state index in [1.165, 1.54) is 0 Å². The van der Waals surface area contributed by atoms with Crippen molar-refractivity contribution in [2.45, 2.75) is 68.0 Å². The molecule has 23 heavy (non-hydrogen) atoms. The summed E-state index contributed by atoms with van der Waals surface area (Å²) in [5, 5.41) is 3.68. The fourth-order valence-corrected chi connectivity index (χ4v) is 4.73. The third kappa shape index (κ3) is 3.89. The molecule has 0 amide bonds. The minimum atomic E-state index is -3.75. The Balaban J connectivity index is 1.67. The summed E-state index contributed by atoms with van der Waals surface area (Å²) in [5.41, 5.74) is -0.189. The number of hydrogen-bond acceptors (Lipinski definition) is 4. The first kappa shape index (κ1) is 16.8. The second-order valence-electron chi connectivity index (χ2n) is 6.34. The summed E-state index contributed by atoms with van der Waals surface area (Å²) in [6.45, 7) is -0.0757. The normalized spacial score (nSPS) is 24.6. The van der Waals surface area contributed by atoms with Crippen molar-refractivity contribution >= 4 is 10.0 Å². The van der Waals surface area contributed by atoms with Gasteiger partial charge in [-0.15, -0.1) is 0 Å². The number of alkyl halides is 2. The zero-order valence-electron chi connectivity index (χ0n) is 12.7. The zero-order chi connectivity index (χ0) is 16.5. The molecule has 0 unspecified atom stereocenters. The Morgan fingerprint density at radius 2 is 2.17 bits per heavy atom. The van der Waals surface area contributed by atoms with Crippen LogP contribution in [0, 0.1) is 0 Å². The lowest BCUT2D eigenvalue weighted by atomic mass is 9.89. The van der Waals surface area contributed by atoms with Gasteiger partial charge in [0.05, 0.1) is 11.8 Å². The molecule has 130 valence electrons. The maximum absolute atomic E-state index is 12.4. The van der Waals surface area contributed by atoms with Crippen molar-refractivity contribution in [2.75, 3.05) is 6.61 Å². The first-order valence-corrected chi connectivity index (χ1v) is 9.34. The van der Waals surface area contributed by atoms with Gasteiger partial charge < -0.3 is 4.74 Å². The molecule has 2 fully saturated rings. The number of nitrogens with one attached hydrogen (secondary N) is 1. The van der Waals surface area contributed by atoms with Crippen LogP contribution in [0.3, 0.4) is 0 Å². The van der Waals surface area contributed by atoms with Gasteiger partial charge in [-0.3, -0.25) is 4.68 Å². The van der Waals surface area contributed by atoms with Gasteiger partial charge in [0, 0.05) is 18.8 Å². The van der Waals surface area contributed by atoms with E-state index in [0.717, 1.165) is 42.8 Å². The molecule has 0 radical (unpaired) electrons. The summed E-state index contributed by atoms with van der Waals surface area (Å²) in [4.78, 5) is -0.0786. The van der Waals surface area contributed by atoms with Crippen molar-refractivity contribution < 1.29 is 21.9 Å². The molecular formula is C14H21F2N3O3S. The summed E-state index contributed by atoms with van der Waals surface area (Å²) < 4.78 is 59.0. The summed E-state index contributed by atoms with van der Waals surface area (Å²) in [6, 6.07) is -0.190. The average Bonchev–Trinajstić information content (AvgIpc) is 3.08. The number of rotatable bonds is 5. The lowest BCUT2D eigenvalue weighted by Gasteiger charge is -2.38. The minimum Gasteiger partial charge on any atom is -0.375 e. The van der Waals surface area contributed by atoms with Crippen molar-refractivity contribution in [1.82, 2.24) is 14.5 Å². The van der Waals surface area contributed by atoms with Crippen LogP contribution in [0.2, 0.25) is 0 Å². The highest BCUT2D eigenvalue weighted by atomic mass is 32.2. The van der Waals surface area contributed by atoms with Gasteiger partial charge in [0.1, 0.15) is 11.4 Å². The van der Waals surface area contributed by atoms with Gasteiger partial charge in [-0.05, 0) is 25.7 Å². The van der Waals surface area contributed by atoms with Crippen molar-refractivity contribution in [3.05, 3.63) is 12.4 Å². The standard InChI is InChI=1S/C14H21F2N3O3S/c15-13(16)10-19-9-12(8-17-19)23(20,21)18-11-3-6-22-14(7-11)4-1-2-5-14/h8-9,11,13,18H,1-7,10H2/t11-/m0/s1. The Morgan fingerprint density at radius 1 is 1.43 bits per heavy atom. The van der Waals surface area contributed by atoms with Crippen LogP contribution in [-0.2, 0) is 21.3 Å². The number of nitrogens with zero attached hydrogens (tertiary/aromatic N) is 2. The van der Waals surface area contributed by atoms with E-state index < -0.39 is 23.0 Å². The fraction of sp³-hybridized carbons (Fsp3) is 0.786. The molecule has 0 bridgehead atoms. The Hall–Kier alpha value is -1.06. The number of sulfonamides is 1. The van der Waals surface area contributed by atoms with Crippen molar-refractivity contribution in [3.63, 3.8) is 0 Å². The Bertz CT molecular complexity index is 641. The van der Waals surface area contributed by atoms with E-state index in [0.29, 0.717) is 19.4 Å². The molecule has 9 heteroatoms. The topological polar surface area (TPSA) is 73.2 Å².